The van der Waals surface area contributed by atoms with Crippen LogP contribution in [0, 0.1) is 0 Å². The molecule has 0 saturated carbocycles. The average Bonchev–Trinajstić information content (AvgIpc) is 2.83. The standard InChI is InChI=1S/C11H10N2O2S2/c1-15-11(14)7-5-9(13-6-8(7)12)17-10-3-2-4-16-10/h2-6H,12H2,1H3. The zero-order valence-electron chi connectivity index (χ0n) is 9.04. The zero-order valence-corrected chi connectivity index (χ0v) is 10.7. The van der Waals surface area contributed by atoms with E-state index in [1.165, 1.54) is 25.1 Å². The van der Waals surface area contributed by atoms with Crippen molar-refractivity contribution in [2.24, 2.45) is 0 Å². The number of nitrogen functional groups attached to an aromatic ring is 1. The number of methoxy groups -OCH3 is 1. The lowest BCUT2D eigenvalue weighted by atomic mass is 10.2. The molecule has 0 aliphatic carbocycles. The summed E-state index contributed by atoms with van der Waals surface area (Å²) in [5, 5.41) is 2.71. The van der Waals surface area contributed by atoms with Crippen LogP contribution in [0.5, 0.6) is 0 Å². The van der Waals surface area contributed by atoms with Gasteiger partial charge in [-0.1, -0.05) is 17.8 Å². The number of pyridine rings is 1. The Bertz CT molecular complexity index is 526. The maximum absolute atomic E-state index is 11.5. The monoisotopic (exact) mass is 266 g/mol. The van der Waals surface area contributed by atoms with Crippen LogP contribution in [-0.4, -0.2) is 18.1 Å². The van der Waals surface area contributed by atoms with Crippen molar-refractivity contribution in [2.45, 2.75) is 9.24 Å². The topological polar surface area (TPSA) is 65.2 Å². The van der Waals surface area contributed by atoms with E-state index >= 15 is 0 Å². The number of carbonyl (C=O) groups is 1. The third-order valence-corrected chi connectivity index (χ3v) is 3.99. The summed E-state index contributed by atoms with van der Waals surface area (Å²) >= 11 is 3.11. The lowest BCUT2D eigenvalue weighted by Gasteiger charge is -2.05. The highest BCUT2D eigenvalue weighted by Crippen LogP contribution is 2.31. The molecule has 2 rings (SSSR count). The summed E-state index contributed by atoms with van der Waals surface area (Å²) in [5.74, 6) is -0.446. The van der Waals surface area contributed by atoms with Crippen molar-refractivity contribution < 1.29 is 9.53 Å². The Hall–Kier alpha value is -1.53. The first-order chi connectivity index (χ1) is 8.20. The van der Waals surface area contributed by atoms with Crippen molar-refractivity contribution in [3.05, 3.63) is 35.3 Å². The first-order valence-electron chi connectivity index (χ1n) is 4.76. The average molecular weight is 266 g/mol. The quantitative estimate of drug-likeness (QED) is 0.865. The molecule has 17 heavy (non-hydrogen) atoms. The molecular weight excluding hydrogens is 256 g/mol. The fourth-order valence-corrected chi connectivity index (χ4v) is 2.91. The number of ether oxygens (including phenoxy) is 1. The molecule has 0 saturated heterocycles. The predicted molar refractivity (Wildman–Crippen MR) is 68.4 cm³/mol. The molecule has 2 heterocycles. The van der Waals surface area contributed by atoms with Gasteiger partial charge in [-0.2, -0.15) is 0 Å². The summed E-state index contributed by atoms with van der Waals surface area (Å²) in [4.78, 5) is 15.6. The minimum atomic E-state index is -0.446. The van der Waals surface area contributed by atoms with Crippen LogP contribution in [0.1, 0.15) is 10.4 Å². The Morgan fingerprint density at radius 1 is 1.59 bits per heavy atom. The number of nitrogens with two attached hydrogens (primary N) is 1. The van der Waals surface area contributed by atoms with Gasteiger partial charge in [-0.3, -0.25) is 0 Å². The van der Waals surface area contributed by atoms with E-state index in [2.05, 4.69) is 9.72 Å². The first kappa shape index (κ1) is 11.9. The smallest absolute Gasteiger partial charge is 0.340 e. The van der Waals surface area contributed by atoms with E-state index in [1.54, 1.807) is 17.4 Å². The molecule has 2 aromatic heterocycles. The molecule has 0 spiro atoms. The Kier molecular flexibility index (Phi) is 3.65. The van der Waals surface area contributed by atoms with Gasteiger partial charge in [0, 0.05) is 0 Å². The fraction of sp³-hybridized carbons (Fsp3) is 0.0909. The second kappa shape index (κ2) is 5.20. The molecule has 0 unspecified atom stereocenters. The molecule has 0 bridgehead atoms. The van der Waals surface area contributed by atoms with Crippen LogP contribution in [0.3, 0.4) is 0 Å². The van der Waals surface area contributed by atoms with E-state index in [1.807, 2.05) is 17.5 Å². The highest BCUT2D eigenvalue weighted by Gasteiger charge is 2.12. The maximum atomic E-state index is 11.5. The normalized spacial score (nSPS) is 10.2. The molecule has 4 nitrogen and oxygen atoms in total. The Labute approximate surface area is 107 Å². The molecule has 0 fully saturated rings. The van der Waals surface area contributed by atoms with Gasteiger partial charge in [-0.15, -0.1) is 11.3 Å². The van der Waals surface area contributed by atoms with Crippen molar-refractivity contribution in [3.8, 4) is 0 Å². The van der Waals surface area contributed by atoms with Crippen molar-refractivity contribution >= 4 is 34.8 Å². The van der Waals surface area contributed by atoms with Gasteiger partial charge in [0.05, 0.1) is 28.8 Å². The first-order valence-corrected chi connectivity index (χ1v) is 6.45. The third kappa shape index (κ3) is 2.78. The van der Waals surface area contributed by atoms with Crippen LogP contribution in [0.15, 0.2) is 39.0 Å². The maximum Gasteiger partial charge on any atom is 0.340 e. The molecule has 0 amide bonds. The van der Waals surface area contributed by atoms with Crippen LogP contribution in [0.4, 0.5) is 5.69 Å². The van der Waals surface area contributed by atoms with E-state index < -0.39 is 5.97 Å². The van der Waals surface area contributed by atoms with Crippen LogP contribution in [-0.2, 0) is 4.74 Å². The predicted octanol–water partition coefficient (Wildman–Crippen LogP) is 2.66. The molecule has 88 valence electrons. The SMILES string of the molecule is COC(=O)c1cc(Sc2cccs2)ncc1N. The molecule has 0 aliphatic rings. The second-order valence-electron chi connectivity index (χ2n) is 3.14. The van der Waals surface area contributed by atoms with Gasteiger partial charge in [-0.25, -0.2) is 9.78 Å². The van der Waals surface area contributed by atoms with Gasteiger partial charge in [0.2, 0.25) is 0 Å². The van der Waals surface area contributed by atoms with Crippen molar-refractivity contribution in [1.29, 1.82) is 0 Å². The van der Waals surface area contributed by atoms with Crippen LogP contribution >= 0.6 is 23.1 Å². The van der Waals surface area contributed by atoms with E-state index in [0.717, 1.165) is 9.24 Å². The van der Waals surface area contributed by atoms with Gasteiger partial charge < -0.3 is 10.5 Å². The number of nitrogens with zero attached hydrogens (tertiary/aromatic N) is 1. The van der Waals surface area contributed by atoms with E-state index in [0.29, 0.717) is 11.3 Å². The van der Waals surface area contributed by atoms with Crippen LogP contribution in [0.25, 0.3) is 0 Å². The summed E-state index contributed by atoms with van der Waals surface area (Å²) in [6.07, 6.45) is 1.47. The van der Waals surface area contributed by atoms with Gasteiger partial charge in [0.1, 0.15) is 5.03 Å². The lowest BCUT2D eigenvalue weighted by molar-refractivity contribution is 0.0601. The number of esters is 1. The Balaban J connectivity index is 2.28. The van der Waals surface area contributed by atoms with Gasteiger partial charge in [-0.05, 0) is 17.5 Å². The largest absolute Gasteiger partial charge is 0.465 e. The summed E-state index contributed by atoms with van der Waals surface area (Å²) in [6.45, 7) is 0. The van der Waals surface area contributed by atoms with Crippen molar-refractivity contribution in [2.75, 3.05) is 12.8 Å². The summed E-state index contributed by atoms with van der Waals surface area (Å²) in [5.41, 5.74) is 6.34. The van der Waals surface area contributed by atoms with Crippen LogP contribution < -0.4 is 5.73 Å². The zero-order chi connectivity index (χ0) is 12.3. The summed E-state index contributed by atoms with van der Waals surface area (Å²) in [7, 11) is 1.33. The molecule has 2 N–H and O–H groups in total. The minimum Gasteiger partial charge on any atom is -0.465 e. The second-order valence-corrected chi connectivity index (χ2v) is 5.40. The number of hydrogen-bond acceptors (Lipinski definition) is 6. The summed E-state index contributed by atoms with van der Waals surface area (Å²) < 4.78 is 5.76. The number of aromatic nitrogens is 1. The summed E-state index contributed by atoms with van der Waals surface area (Å²) in [6, 6.07) is 5.60. The molecule has 0 radical (unpaired) electrons. The van der Waals surface area contributed by atoms with Gasteiger partial charge in [0.15, 0.2) is 0 Å². The van der Waals surface area contributed by atoms with Gasteiger partial charge >= 0.3 is 5.97 Å². The highest BCUT2D eigenvalue weighted by molar-refractivity contribution is 8.01. The van der Waals surface area contributed by atoms with E-state index in [4.69, 9.17) is 5.73 Å². The number of carbonyl (C=O) groups excluding carboxylic acids is 1. The molecular formula is C11H10N2O2S2. The molecule has 0 atom stereocenters. The third-order valence-electron chi connectivity index (χ3n) is 2.02. The van der Waals surface area contributed by atoms with Crippen molar-refractivity contribution in [1.82, 2.24) is 4.98 Å². The van der Waals surface area contributed by atoms with Gasteiger partial charge in [0.25, 0.3) is 0 Å². The van der Waals surface area contributed by atoms with E-state index in [-0.39, 0.29) is 0 Å². The van der Waals surface area contributed by atoms with Crippen LogP contribution in [0.2, 0.25) is 0 Å². The van der Waals surface area contributed by atoms with E-state index in [9.17, 15) is 4.79 Å². The van der Waals surface area contributed by atoms with Crippen molar-refractivity contribution in [3.63, 3.8) is 0 Å². The number of hydrogen-bond donors (Lipinski definition) is 1. The fourth-order valence-electron chi connectivity index (χ4n) is 1.21. The Morgan fingerprint density at radius 2 is 2.41 bits per heavy atom. The molecule has 0 aliphatic heterocycles. The molecule has 0 aromatic carbocycles. The number of rotatable bonds is 3. The molecule has 6 heteroatoms. The lowest BCUT2D eigenvalue weighted by Crippen LogP contribution is -2.06. The molecule has 2 aromatic rings. The number of anilines is 1. The highest BCUT2D eigenvalue weighted by atomic mass is 32.2. The number of thiophene rings is 1. The minimum absolute atomic E-state index is 0.326. The Morgan fingerprint density at radius 3 is 3.06 bits per heavy atom.